The van der Waals surface area contributed by atoms with Gasteiger partial charge in [0.25, 0.3) is 0 Å². The van der Waals surface area contributed by atoms with E-state index in [-0.39, 0.29) is 0 Å². The number of hydrogen-bond donors (Lipinski definition) is 1. The minimum absolute atomic E-state index is 0.622. The Bertz CT molecular complexity index is 799. The number of aromatic amines is 1. The second kappa shape index (κ2) is 6.34. The van der Waals surface area contributed by atoms with Crippen molar-refractivity contribution in [2.45, 2.75) is 6.54 Å². The normalized spacial score (nSPS) is 11.4. The molecule has 2 heterocycles. The highest BCUT2D eigenvalue weighted by atomic mass is 35.5. The Kier molecular flexibility index (Phi) is 4.27. The van der Waals surface area contributed by atoms with Gasteiger partial charge >= 0.3 is 0 Å². The van der Waals surface area contributed by atoms with Gasteiger partial charge in [0.2, 0.25) is 0 Å². The van der Waals surface area contributed by atoms with Gasteiger partial charge in [-0.3, -0.25) is 10.1 Å². The van der Waals surface area contributed by atoms with Gasteiger partial charge in [-0.15, -0.1) is 5.10 Å². The molecule has 22 heavy (non-hydrogen) atoms. The minimum atomic E-state index is 0.622. The third-order valence-corrected chi connectivity index (χ3v) is 3.62. The van der Waals surface area contributed by atoms with E-state index in [0.29, 0.717) is 16.6 Å². The van der Waals surface area contributed by atoms with Crippen LogP contribution >= 0.6 is 23.2 Å². The Morgan fingerprint density at radius 3 is 2.77 bits per heavy atom. The fraction of sp³-hybridized carbons (Fsp3) is 0.133. The number of H-pyrrole nitrogens is 1. The lowest BCUT2D eigenvalue weighted by Gasteiger charge is -2.09. The van der Waals surface area contributed by atoms with E-state index >= 15 is 0 Å². The lowest BCUT2D eigenvalue weighted by atomic mass is 10.2. The first-order valence-corrected chi connectivity index (χ1v) is 7.36. The smallest absolute Gasteiger partial charge is 0.138 e. The first kappa shape index (κ1) is 14.8. The molecule has 0 aliphatic carbocycles. The fourth-order valence-electron chi connectivity index (χ4n) is 2.31. The van der Waals surface area contributed by atoms with Crippen LogP contribution in [-0.2, 0) is 6.54 Å². The van der Waals surface area contributed by atoms with E-state index in [0.717, 1.165) is 22.6 Å². The van der Waals surface area contributed by atoms with Gasteiger partial charge in [0.1, 0.15) is 11.4 Å². The highest BCUT2D eigenvalue weighted by Gasteiger charge is 2.12. The quantitative estimate of drug-likeness (QED) is 0.740. The summed E-state index contributed by atoms with van der Waals surface area (Å²) in [4.78, 5) is 4.01. The van der Waals surface area contributed by atoms with Crippen molar-refractivity contribution >= 4 is 29.4 Å². The van der Waals surface area contributed by atoms with Gasteiger partial charge in [0.15, 0.2) is 0 Å². The molecule has 2 aromatic heterocycles. The zero-order chi connectivity index (χ0) is 15.5. The van der Waals surface area contributed by atoms with Crippen LogP contribution < -0.4 is 0 Å². The van der Waals surface area contributed by atoms with Crippen molar-refractivity contribution in [1.29, 1.82) is 0 Å². The molecule has 0 aliphatic heterocycles. The monoisotopic (exact) mass is 333 g/mol. The average Bonchev–Trinajstić information content (AvgIpc) is 3.07. The van der Waals surface area contributed by atoms with Gasteiger partial charge in [0.05, 0.1) is 5.69 Å². The summed E-state index contributed by atoms with van der Waals surface area (Å²) < 4.78 is 2.06. The largest absolute Gasteiger partial charge is 0.342 e. The molecule has 0 aliphatic rings. The summed E-state index contributed by atoms with van der Waals surface area (Å²) in [6.45, 7) is 0.637. The van der Waals surface area contributed by atoms with Crippen LogP contribution in [0.2, 0.25) is 10.0 Å². The number of aromatic nitrogens is 4. The molecule has 7 heteroatoms. The molecule has 0 saturated carbocycles. The summed E-state index contributed by atoms with van der Waals surface area (Å²) in [5, 5.41) is 12.1. The summed E-state index contributed by atoms with van der Waals surface area (Å²) >= 11 is 12.1. The van der Waals surface area contributed by atoms with Crippen molar-refractivity contribution in [3.05, 3.63) is 57.8 Å². The number of benzene rings is 1. The SMILES string of the molecule is C/N=C/c1[nH]nnc1-c1cccn1Cc1cc(Cl)cc(Cl)c1. The van der Waals surface area contributed by atoms with Gasteiger partial charge in [0, 0.05) is 36.0 Å². The summed E-state index contributed by atoms with van der Waals surface area (Å²) in [7, 11) is 1.71. The van der Waals surface area contributed by atoms with Crippen molar-refractivity contribution in [1.82, 2.24) is 20.0 Å². The molecule has 5 nitrogen and oxygen atoms in total. The molecule has 3 aromatic rings. The maximum Gasteiger partial charge on any atom is 0.138 e. The molecule has 1 aromatic carbocycles. The molecular weight excluding hydrogens is 321 g/mol. The molecule has 0 radical (unpaired) electrons. The van der Waals surface area contributed by atoms with Crippen molar-refractivity contribution in [3.8, 4) is 11.4 Å². The van der Waals surface area contributed by atoms with Crippen LogP contribution in [0.4, 0.5) is 0 Å². The van der Waals surface area contributed by atoms with Crippen LogP contribution in [0.3, 0.4) is 0 Å². The molecule has 0 fully saturated rings. The zero-order valence-corrected chi connectivity index (χ0v) is 13.3. The van der Waals surface area contributed by atoms with Crippen LogP contribution in [0.1, 0.15) is 11.3 Å². The highest BCUT2D eigenvalue weighted by Crippen LogP contribution is 2.23. The van der Waals surface area contributed by atoms with Gasteiger partial charge in [-0.1, -0.05) is 28.4 Å². The molecule has 0 unspecified atom stereocenters. The molecule has 3 rings (SSSR count). The molecule has 0 spiro atoms. The summed E-state index contributed by atoms with van der Waals surface area (Å²) in [6, 6.07) is 9.46. The summed E-state index contributed by atoms with van der Waals surface area (Å²) in [5.41, 5.74) is 3.49. The van der Waals surface area contributed by atoms with Crippen molar-refractivity contribution < 1.29 is 0 Å². The van der Waals surface area contributed by atoms with E-state index in [4.69, 9.17) is 23.2 Å². The topological polar surface area (TPSA) is 58.9 Å². The molecule has 0 atom stereocenters. The third-order valence-electron chi connectivity index (χ3n) is 3.18. The predicted octanol–water partition coefficient (Wildman–Crippen LogP) is 3.68. The fourth-order valence-corrected chi connectivity index (χ4v) is 2.88. The molecule has 0 amide bonds. The second-order valence-electron chi connectivity index (χ2n) is 4.76. The number of nitrogens with one attached hydrogen (secondary N) is 1. The Balaban J connectivity index is 1.97. The zero-order valence-electron chi connectivity index (χ0n) is 11.8. The molecule has 0 saturated heterocycles. The third kappa shape index (κ3) is 3.05. The lowest BCUT2D eigenvalue weighted by molar-refractivity contribution is 0.810. The molecule has 0 bridgehead atoms. The van der Waals surface area contributed by atoms with Crippen molar-refractivity contribution in [2.75, 3.05) is 7.05 Å². The Labute approximate surface area is 137 Å². The van der Waals surface area contributed by atoms with Gasteiger partial charge in [-0.05, 0) is 35.9 Å². The first-order chi connectivity index (χ1) is 10.7. The van der Waals surface area contributed by atoms with Crippen LogP contribution in [0.25, 0.3) is 11.4 Å². The number of aliphatic imine (C=N–C) groups is 1. The lowest BCUT2D eigenvalue weighted by Crippen LogP contribution is -2.02. The van der Waals surface area contributed by atoms with Crippen LogP contribution in [0.15, 0.2) is 41.5 Å². The summed E-state index contributed by atoms with van der Waals surface area (Å²) in [6.07, 6.45) is 3.68. The summed E-state index contributed by atoms with van der Waals surface area (Å²) in [5.74, 6) is 0. The number of nitrogens with zero attached hydrogens (tertiary/aromatic N) is 4. The molecule has 1 N–H and O–H groups in total. The van der Waals surface area contributed by atoms with Gasteiger partial charge in [-0.25, -0.2) is 0 Å². The Hall–Kier alpha value is -2.11. The maximum absolute atomic E-state index is 6.06. The van der Waals surface area contributed by atoms with Gasteiger partial charge < -0.3 is 4.57 Å². The van der Waals surface area contributed by atoms with E-state index in [1.807, 2.05) is 30.5 Å². The van der Waals surface area contributed by atoms with E-state index in [9.17, 15) is 0 Å². The predicted molar refractivity (Wildman–Crippen MR) is 88.9 cm³/mol. The van der Waals surface area contributed by atoms with Crippen molar-refractivity contribution in [2.24, 2.45) is 4.99 Å². The van der Waals surface area contributed by atoms with Crippen LogP contribution in [0.5, 0.6) is 0 Å². The average molecular weight is 334 g/mol. The number of rotatable bonds is 4. The van der Waals surface area contributed by atoms with Crippen LogP contribution in [0, 0.1) is 0 Å². The van der Waals surface area contributed by atoms with Crippen LogP contribution in [-0.4, -0.2) is 33.2 Å². The standard InChI is InChI=1S/C15H13Cl2N5/c1-18-8-13-15(20-21-19-13)14-3-2-4-22(14)9-10-5-11(16)7-12(17)6-10/h2-8H,9H2,1H3,(H,19,20,21)/b18-8+. The van der Waals surface area contributed by atoms with E-state index in [2.05, 4.69) is 25.0 Å². The molecular formula is C15H13Cl2N5. The number of hydrogen-bond acceptors (Lipinski definition) is 3. The van der Waals surface area contributed by atoms with E-state index in [1.165, 1.54) is 0 Å². The Morgan fingerprint density at radius 1 is 1.27 bits per heavy atom. The minimum Gasteiger partial charge on any atom is -0.342 e. The molecule has 112 valence electrons. The van der Waals surface area contributed by atoms with E-state index in [1.54, 1.807) is 19.3 Å². The number of halogens is 2. The first-order valence-electron chi connectivity index (χ1n) is 6.61. The second-order valence-corrected chi connectivity index (χ2v) is 5.63. The maximum atomic E-state index is 6.06. The Morgan fingerprint density at radius 2 is 2.05 bits per heavy atom. The van der Waals surface area contributed by atoms with Gasteiger partial charge in [-0.2, -0.15) is 0 Å². The highest BCUT2D eigenvalue weighted by molar-refractivity contribution is 6.34. The van der Waals surface area contributed by atoms with Crippen molar-refractivity contribution in [3.63, 3.8) is 0 Å². The van der Waals surface area contributed by atoms with E-state index < -0.39 is 0 Å².